The monoisotopic (exact) mass is 412 g/mol. The number of hydrogen-bond acceptors (Lipinski definition) is 6. The first-order valence-corrected chi connectivity index (χ1v) is 10.4. The highest BCUT2D eigenvalue weighted by molar-refractivity contribution is 7.99. The molecule has 1 N–H and O–H groups in total. The van der Waals surface area contributed by atoms with Crippen LogP contribution >= 0.6 is 11.8 Å². The normalized spacial score (nSPS) is 10.9. The van der Waals surface area contributed by atoms with Crippen molar-refractivity contribution in [1.29, 1.82) is 0 Å². The van der Waals surface area contributed by atoms with Gasteiger partial charge in [-0.05, 0) is 31.9 Å². The smallest absolute Gasteiger partial charge is 0.305 e. The molecule has 0 radical (unpaired) electrons. The highest BCUT2D eigenvalue weighted by atomic mass is 32.2. The molecule has 0 aliphatic heterocycles. The van der Waals surface area contributed by atoms with Gasteiger partial charge in [0.2, 0.25) is 5.91 Å². The number of thioether (sulfide) groups is 1. The van der Waals surface area contributed by atoms with Crippen LogP contribution < -0.4 is 5.32 Å². The molecule has 0 bridgehead atoms. The lowest BCUT2D eigenvalue weighted by molar-refractivity contribution is -0.140. The van der Waals surface area contributed by atoms with Crippen LogP contribution in [0.5, 0.6) is 0 Å². The van der Waals surface area contributed by atoms with Crippen LogP contribution in [-0.2, 0) is 14.3 Å². The number of benzene rings is 1. The third-order valence-corrected chi connectivity index (χ3v) is 5.30. The van der Waals surface area contributed by atoms with Crippen molar-refractivity contribution in [1.82, 2.24) is 19.9 Å². The lowest BCUT2D eigenvalue weighted by Gasteiger charge is -2.05. The molecule has 0 saturated carbocycles. The number of nitrogens with zero attached hydrogens (tertiary/aromatic N) is 3. The fraction of sp³-hybridized carbons (Fsp3) is 0.333. The molecule has 8 heteroatoms. The van der Waals surface area contributed by atoms with Gasteiger partial charge in [0, 0.05) is 18.5 Å². The van der Waals surface area contributed by atoms with E-state index in [1.54, 1.807) is 0 Å². The second kappa shape index (κ2) is 9.56. The Hall–Kier alpha value is -2.87. The quantitative estimate of drug-likeness (QED) is 0.347. The summed E-state index contributed by atoms with van der Waals surface area (Å²) >= 11 is 1.35. The van der Waals surface area contributed by atoms with Gasteiger partial charge in [0.15, 0.2) is 5.16 Å². The molecule has 0 aliphatic carbocycles. The zero-order chi connectivity index (χ0) is 20.8. The molecule has 0 spiro atoms. The number of rotatable bonds is 8. The van der Waals surface area contributed by atoms with Crippen LogP contribution in [0.4, 0.5) is 0 Å². The molecule has 0 aliphatic rings. The molecule has 29 heavy (non-hydrogen) atoms. The molecule has 7 nitrogen and oxygen atoms in total. The van der Waals surface area contributed by atoms with Crippen molar-refractivity contribution in [3.8, 4) is 11.3 Å². The average molecular weight is 413 g/mol. The number of amides is 1. The number of carbonyl (C=O) groups excluding carboxylic acids is 2. The van der Waals surface area contributed by atoms with Crippen LogP contribution in [0, 0.1) is 13.8 Å². The summed E-state index contributed by atoms with van der Waals surface area (Å²) in [5.41, 5.74) is 4.79. The summed E-state index contributed by atoms with van der Waals surface area (Å²) in [6.45, 7) is 4.42. The van der Waals surface area contributed by atoms with Crippen molar-refractivity contribution >= 4 is 29.2 Å². The molecule has 3 rings (SSSR count). The summed E-state index contributed by atoms with van der Waals surface area (Å²) in [5, 5.41) is 8.11. The third kappa shape index (κ3) is 5.14. The van der Waals surface area contributed by atoms with Crippen LogP contribution in [0.25, 0.3) is 16.8 Å². The van der Waals surface area contributed by atoms with E-state index in [0.29, 0.717) is 18.1 Å². The first kappa shape index (κ1) is 20.9. The number of carbonyl (C=O) groups is 2. The number of methoxy groups -OCH3 is 1. The number of fused-ring (bicyclic) bond motifs is 1. The average Bonchev–Trinajstić information content (AvgIpc) is 3.09. The van der Waals surface area contributed by atoms with E-state index >= 15 is 0 Å². The summed E-state index contributed by atoms with van der Waals surface area (Å²) in [6.07, 6.45) is 0.839. The Morgan fingerprint density at radius 1 is 1.21 bits per heavy atom. The van der Waals surface area contributed by atoms with Gasteiger partial charge in [-0.1, -0.05) is 42.1 Å². The topological polar surface area (TPSA) is 85.6 Å². The number of aromatic nitrogens is 3. The van der Waals surface area contributed by atoms with E-state index in [2.05, 4.69) is 15.2 Å². The summed E-state index contributed by atoms with van der Waals surface area (Å²) < 4.78 is 6.41. The molecular weight excluding hydrogens is 388 g/mol. The van der Waals surface area contributed by atoms with Crippen LogP contribution in [0.3, 0.4) is 0 Å². The molecule has 3 aromatic rings. The summed E-state index contributed by atoms with van der Waals surface area (Å²) in [6, 6.07) is 12.0. The second-order valence-electron chi connectivity index (χ2n) is 6.66. The Morgan fingerprint density at radius 3 is 2.69 bits per heavy atom. The zero-order valence-corrected chi connectivity index (χ0v) is 17.6. The number of ether oxygens (including phenoxy) is 1. The van der Waals surface area contributed by atoms with Crippen molar-refractivity contribution in [2.75, 3.05) is 19.4 Å². The maximum Gasteiger partial charge on any atom is 0.305 e. The highest BCUT2D eigenvalue weighted by Crippen LogP contribution is 2.30. The van der Waals surface area contributed by atoms with Crippen molar-refractivity contribution in [3.63, 3.8) is 0 Å². The highest BCUT2D eigenvalue weighted by Gasteiger charge is 2.17. The first-order valence-electron chi connectivity index (χ1n) is 9.38. The lowest BCUT2D eigenvalue weighted by Crippen LogP contribution is -2.26. The van der Waals surface area contributed by atoms with Gasteiger partial charge >= 0.3 is 5.97 Å². The predicted molar refractivity (Wildman–Crippen MR) is 113 cm³/mol. The van der Waals surface area contributed by atoms with Crippen LogP contribution in [0.15, 0.2) is 41.6 Å². The minimum Gasteiger partial charge on any atom is -0.469 e. The van der Waals surface area contributed by atoms with Gasteiger partial charge in [0.25, 0.3) is 0 Å². The molecule has 0 fully saturated rings. The van der Waals surface area contributed by atoms with Gasteiger partial charge in [-0.25, -0.2) is 9.50 Å². The largest absolute Gasteiger partial charge is 0.469 e. The van der Waals surface area contributed by atoms with Crippen LogP contribution in [0.2, 0.25) is 0 Å². The second-order valence-corrected chi connectivity index (χ2v) is 7.60. The van der Waals surface area contributed by atoms with E-state index in [0.717, 1.165) is 28.0 Å². The third-order valence-electron chi connectivity index (χ3n) is 4.37. The minimum atomic E-state index is -0.275. The Morgan fingerprint density at radius 2 is 1.97 bits per heavy atom. The maximum absolute atomic E-state index is 12.2. The number of imidazole rings is 1. The molecule has 1 aromatic carbocycles. The van der Waals surface area contributed by atoms with Crippen LogP contribution in [0.1, 0.15) is 24.1 Å². The van der Waals surface area contributed by atoms with Crippen molar-refractivity contribution in [3.05, 3.63) is 47.7 Å². The van der Waals surface area contributed by atoms with Gasteiger partial charge in [-0.2, -0.15) is 5.10 Å². The van der Waals surface area contributed by atoms with E-state index in [9.17, 15) is 9.59 Å². The molecule has 0 saturated heterocycles. The van der Waals surface area contributed by atoms with Gasteiger partial charge in [0.05, 0.1) is 29.8 Å². The SMILES string of the molecule is COC(=O)CCCNC(=O)CSc1nc(-c2ccccc2)c2c(C)cc(C)nn12. The molecule has 1 amide bonds. The molecule has 2 aromatic heterocycles. The Bertz CT molecular complexity index is 1020. The Balaban J connectivity index is 1.74. The van der Waals surface area contributed by atoms with E-state index in [1.807, 2.05) is 54.8 Å². The van der Waals surface area contributed by atoms with E-state index in [-0.39, 0.29) is 24.1 Å². The number of nitrogens with one attached hydrogen (secondary N) is 1. The summed E-state index contributed by atoms with van der Waals surface area (Å²) in [4.78, 5) is 28.1. The fourth-order valence-electron chi connectivity index (χ4n) is 3.04. The summed E-state index contributed by atoms with van der Waals surface area (Å²) in [5.74, 6) is -0.162. The Labute approximate surface area is 173 Å². The van der Waals surface area contributed by atoms with Gasteiger partial charge in [0.1, 0.15) is 0 Å². The van der Waals surface area contributed by atoms with Crippen molar-refractivity contribution < 1.29 is 14.3 Å². The maximum atomic E-state index is 12.2. The standard InChI is InChI=1S/C21H24N4O3S/c1-14-12-15(2)24-25-20(14)19(16-8-5-4-6-9-16)23-21(25)29-13-17(26)22-11-7-10-18(27)28-3/h4-6,8-9,12H,7,10-11,13H2,1-3H3,(H,22,26). The predicted octanol–water partition coefficient (Wildman–Crippen LogP) is 3.17. The lowest BCUT2D eigenvalue weighted by atomic mass is 10.1. The van der Waals surface area contributed by atoms with E-state index in [4.69, 9.17) is 4.98 Å². The van der Waals surface area contributed by atoms with Gasteiger partial charge in [-0.15, -0.1) is 0 Å². The summed E-state index contributed by atoms with van der Waals surface area (Å²) in [7, 11) is 1.35. The molecular formula is C21H24N4O3S. The van der Waals surface area contributed by atoms with Gasteiger partial charge < -0.3 is 10.1 Å². The Kier molecular flexibility index (Phi) is 6.87. The van der Waals surface area contributed by atoms with Crippen LogP contribution in [-0.4, -0.2) is 45.9 Å². The zero-order valence-electron chi connectivity index (χ0n) is 16.8. The van der Waals surface area contributed by atoms with Gasteiger partial charge in [-0.3, -0.25) is 9.59 Å². The van der Waals surface area contributed by atoms with E-state index in [1.165, 1.54) is 18.9 Å². The minimum absolute atomic E-state index is 0.109. The number of esters is 1. The molecule has 0 atom stereocenters. The van der Waals surface area contributed by atoms with Crippen molar-refractivity contribution in [2.24, 2.45) is 0 Å². The van der Waals surface area contributed by atoms with Crippen molar-refractivity contribution in [2.45, 2.75) is 31.8 Å². The molecule has 152 valence electrons. The van der Waals surface area contributed by atoms with E-state index < -0.39 is 0 Å². The fourth-order valence-corrected chi connectivity index (χ4v) is 3.81. The molecule has 2 heterocycles. The number of hydrogen-bond donors (Lipinski definition) is 1. The first-order chi connectivity index (χ1) is 14.0. The number of aryl methyl sites for hydroxylation is 2. The molecule has 0 unspecified atom stereocenters.